The minimum atomic E-state index is -0.731. The van der Waals surface area contributed by atoms with Crippen molar-refractivity contribution in [2.45, 2.75) is 105 Å². The van der Waals surface area contributed by atoms with Crippen LogP contribution < -0.4 is 0 Å². The first-order valence-electron chi connectivity index (χ1n) is 14.0. The molecule has 0 amide bonds. The first-order valence-corrected chi connectivity index (χ1v) is 14.0. The number of hydrogen-bond donors (Lipinski definition) is 3. The van der Waals surface area contributed by atoms with Crippen LogP contribution >= 0.6 is 0 Å². The van der Waals surface area contributed by atoms with Crippen LogP contribution in [0.4, 0.5) is 0 Å². The van der Waals surface area contributed by atoms with Gasteiger partial charge in [0.25, 0.3) is 0 Å². The molecule has 5 aliphatic carbocycles. The second-order valence-corrected chi connectivity index (χ2v) is 14.4. The second-order valence-electron chi connectivity index (χ2n) is 14.4. The Morgan fingerprint density at radius 3 is 2.24 bits per heavy atom. The van der Waals surface area contributed by atoms with Crippen molar-refractivity contribution in [3.05, 3.63) is 12.2 Å². The van der Waals surface area contributed by atoms with E-state index in [1.54, 1.807) is 0 Å². The Balaban J connectivity index is 1.62. The molecule has 0 saturated heterocycles. The predicted octanol–water partition coefficient (Wildman–Crippen LogP) is 6.06. The highest BCUT2D eigenvalue weighted by Crippen LogP contribution is 2.77. The fourth-order valence-electron chi connectivity index (χ4n) is 11.7. The van der Waals surface area contributed by atoms with Crippen molar-refractivity contribution in [1.82, 2.24) is 0 Å². The summed E-state index contributed by atoms with van der Waals surface area (Å²) in [4.78, 5) is 13.5. The van der Waals surface area contributed by atoms with Crippen LogP contribution in [0.15, 0.2) is 12.2 Å². The molecule has 0 aromatic rings. The van der Waals surface area contributed by atoms with E-state index in [4.69, 9.17) is 0 Å². The van der Waals surface area contributed by atoms with E-state index in [0.717, 1.165) is 57.8 Å². The van der Waals surface area contributed by atoms with Gasteiger partial charge in [0.2, 0.25) is 0 Å². The quantitative estimate of drug-likeness (QED) is 0.436. The lowest BCUT2D eigenvalue weighted by atomic mass is 9.32. The summed E-state index contributed by atoms with van der Waals surface area (Å²) in [7, 11) is 0. The van der Waals surface area contributed by atoms with Gasteiger partial charge < -0.3 is 15.3 Å². The number of aliphatic hydroxyl groups excluding tert-OH is 2. The third kappa shape index (κ3) is 2.76. The molecule has 4 heteroatoms. The Morgan fingerprint density at radius 2 is 1.62 bits per heavy atom. The van der Waals surface area contributed by atoms with Gasteiger partial charge in [-0.2, -0.15) is 0 Å². The van der Waals surface area contributed by atoms with Gasteiger partial charge in [0, 0.05) is 6.61 Å². The molecule has 3 N–H and O–H groups in total. The van der Waals surface area contributed by atoms with E-state index in [2.05, 4.69) is 41.2 Å². The minimum Gasteiger partial charge on any atom is -0.481 e. The summed E-state index contributed by atoms with van der Waals surface area (Å²) < 4.78 is 0. The number of aliphatic hydroxyl groups is 2. The van der Waals surface area contributed by atoms with Crippen LogP contribution in [0, 0.1) is 56.7 Å². The van der Waals surface area contributed by atoms with E-state index in [1.165, 1.54) is 5.57 Å². The molecule has 0 spiro atoms. The van der Waals surface area contributed by atoms with Crippen LogP contribution in [0.3, 0.4) is 0 Å². The molecule has 0 radical (unpaired) electrons. The zero-order valence-corrected chi connectivity index (χ0v) is 22.2. The SMILES string of the molecule is C=C(C)C1CCC2(CO)CCC3(C(=O)O)C(CCC4C5(C)CCC(O)C(C)(C)C5CCC43C)C12. The topological polar surface area (TPSA) is 77.8 Å². The molecule has 10 atom stereocenters. The smallest absolute Gasteiger partial charge is 0.310 e. The van der Waals surface area contributed by atoms with E-state index < -0.39 is 11.4 Å². The van der Waals surface area contributed by atoms with Gasteiger partial charge in [-0.15, -0.1) is 0 Å². The lowest BCUT2D eigenvalue weighted by Crippen LogP contribution is -2.69. The minimum absolute atomic E-state index is 0.0676. The fraction of sp³-hybridized carbons (Fsp3) is 0.900. The van der Waals surface area contributed by atoms with Gasteiger partial charge >= 0.3 is 5.97 Å². The molecule has 5 fully saturated rings. The average molecular weight is 473 g/mol. The maximum Gasteiger partial charge on any atom is 0.310 e. The summed E-state index contributed by atoms with van der Waals surface area (Å²) >= 11 is 0. The van der Waals surface area contributed by atoms with Gasteiger partial charge in [0.15, 0.2) is 0 Å². The highest BCUT2D eigenvalue weighted by Gasteiger charge is 2.74. The zero-order chi connectivity index (χ0) is 24.9. The van der Waals surface area contributed by atoms with Gasteiger partial charge in [0.1, 0.15) is 0 Å². The molecule has 0 heterocycles. The Morgan fingerprint density at radius 1 is 0.912 bits per heavy atom. The summed E-state index contributed by atoms with van der Waals surface area (Å²) in [6.07, 6.45) is 9.11. The highest BCUT2D eigenvalue weighted by atomic mass is 16.4. The van der Waals surface area contributed by atoms with Crippen molar-refractivity contribution < 1.29 is 20.1 Å². The van der Waals surface area contributed by atoms with Crippen molar-refractivity contribution in [2.24, 2.45) is 56.7 Å². The number of carbonyl (C=O) groups is 1. The first kappa shape index (κ1) is 24.8. The lowest BCUT2D eigenvalue weighted by Gasteiger charge is -2.72. The maximum atomic E-state index is 13.5. The molecule has 0 aromatic carbocycles. The van der Waals surface area contributed by atoms with Crippen molar-refractivity contribution in [1.29, 1.82) is 0 Å². The molecule has 5 rings (SSSR count). The van der Waals surface area contributed by atoms with E-state index in [-0.39, 0.29) is 46.2 Å². The highest BCUT2D eigenvalue weighted by molar-refractivity contribution is 5.77. The summed E-state index contributed by atoms with van der Waals surface area (Å²) in [6.45, 7) is 15.9. The van der Waals surface area contributed by atoms with E-state index >= 15 is 0 Å². The number of carboxylic acid groups (broad SMARTS) is 1. The van der Waals surface area contributed by atoms with Crippen molar-refractivity contribution in [3.63, 3.8) is 0 Å². The lowest BCUT2D eigenvalue weighted by molar-refractivity contribution is -0.255. The molecule has 0 aromatic heterocycles. The fourth-order valence-corrected chi connectivity index (χ4v) is 11.7. The summed E-state index contributed by atoms with van der Waals surface area (Å²) in [5.74, 6) is 0.877. The largest absolute Gasteiger partial charge is 0.481 e. The third-order valence-corrected chi connectivity index (χ3v) is 13.3. The Hall–Kier alpha value is -0.870. The van der Waals surface area contributed by atoms with Gasteiger partial charge in [0.05, 0.1) is 11.5 Å². The molecule has 192 valence electrons. The van der Waals surface area contributed by atoms with Gasteiger partial charge in [-0.1, -0.05) is 39.8 Å². The standard InChI is InChI=1S/C30H48O4/c1-18(2)19-9-14-29(17-31)15-16-30(25(33)34)20(24(19)29)7-8-22-27(5)12-11-23(32)26(3,4)21(27)10-13-28(22,30)6/h19-24,31-32H,1,7-17H2,2-6H3,(H,33,34). The second kappa shape index (κ2) is 7.57. The number of allylic oxidation sites excluding steroid dienone is 1. The van der Waals surface area contributed by atoms with Crippen LogP contribution in [-0.2, 0) is 4.79 Å². The average Bonchev–Trinajstić information content (AvgIpc) is 3.17. The number of carboxylic acids is 1. The van der Waals surface area contributed by atoms with Crippen LogP contribution in [0.1, 0.15) is 98.8 Å². The van der Waals surface area contributed by atoms with Crippen LogP contribution in [0.5, 0.6) is 0 Å². The Labute approximate surface area is 206 Å². The van der Waals surface area contributed by atoms with E-state index in [1.807, 2.05) is 0 Å². The predicted molar refractivity (Wildman–Crippen MR) is 134 cm³/mol. The number of aliphatic carboxylic acids is 1. The summed E-state index contributed by atoms with van der Waals surface area (Å²) in [5.41, 5.74) is -0.00307. The maximum absolute atomic E-state index is 13.5. The van der Waals surface area contributed by atoms with Gasteiger partial charge in [-0.3, -0.25) is 4.79 Å². The van der Waals surface area contributed by atoms with Crippen molar-refractivity contribution >= 4 is 5.97 Å². The normalized spacial score (nSPS) is 53.7. The first-order chi connectivity index (χ1) is 15.8. The van der Waals surface area contributed by atoms with Crippen molar-refractivity contribution in [3.8, 4) is 0 Å². The Kier molecular flexibility index (Phi) is 5.52. The molecule has 10 unspecified atom stereocenters. The zero-order valence-electron chi connectivity index (χ0n) is 22.2. The molecule has 5 saturated carbocycles. The monoisotopic (exact) mass is 472 g/mol. The molecular weight excluding hydrogens is 424 g/mol. The molecule has 5 aliphatic rings. The van der Waals surface area contributed by atoms with E-state index in [0.29, 0.717) is 24.2 Å². The van der Waals surface area contributed by atoms with Gasteiger partial charge in [-0.05, 0) is 122 Å². The van der Waals surface area contributed by atoms with Crippen LogP contribution in [0.25, 0.3) is 0 Å². The summed E-state index contributed by atoms with van der Waals surface area (Å²) in [5, 5.41) is 32.7. The van der Waals surface area contributed by atoms with Gasteiger partial charge in [-0.25, -0.2) is 0 Å². The Bertz CT molecular complexity index is 879. The third-order valence-electron chi connectivity index (χ3n) is 13.3. The molecule has 0 bridgehead atoms. The van der Waals surface area contributed by atoms with Crippen molar-refractivity contribution in [2.75, 3.05) is 6.61 Å². The van der Waals surface area contributed by atoms with E-state index in [9.17, 15) is 20.1 Å². The molecular formula is C30H48O4. The summed E-state index contributed by atoms with van der Waals surface area (Å²) in [6, 6.07) is 0. The number of hydrogen-bond acceptors (Lipinski definition) is 3. The number of rotatable bonds is 3. The van der Waals surface area contributed by atoms with Crippen LogP contribution in [-0.4, -0.2) is 34.0 Å². The van der Waals surface area contributed by atoms with Crippen LogP contribution in [0.2, 0.25) is 0 Å². The number of fused-ring (bicyclic) bond motifs is 7. The molecule has 0 aliphatic heterocycles. The molecule has 4 nitrogen and oxygen atoms in total. The molecule has 34 heavy (non-hydrogen) atoms.